The third-order valence-corrected chi connectivity index (χ3v) is 5.47. The zero-order valence-electron chi connectivity index (χ0n) is 16.5. The van der Waals surface area contributed by atoms with Crippen LogP contribution in [-0.2, 0) is 17.9 Å². The second kappa shape index (κ2) is 11.8. The van der Waals surface area contributed by atoms with Crippen molar-refractivity contribution in [3.8, 4) is 0 Å². The molecule has 0 saturated heterocycles. The number of hydrogen-bond donors (Lipinski definition) is 1. The molecule has 0 spiro atoms. The summed E-state index contributed by atoms with van der Waals surface area (Å²) in [6.45, 7) is 4.58. The van der Waals surface area contributed by atoms with Crippen LogP contribution in [-0.4, -0.2) is 33.4 Å². The first kappa shape index (κ1) is 21.6. The van der Waals surface area contributed by atoms with Crippen molar-refractivity contribution in [2.24, 2.45) is 0 Å². The molecule has 0 radical (unpaired) electrons. The summed E-state index contributed by atoms with van der Waals surface area (Å²) in [5.41, 5.74) is 2.21. The lowest BCUT2D eigenvalue weighted by Gasteiger charge is -2.16. The van der Waals surface area contributed by atoms with E-state index >= 15 is 0 Å². The molecule has 0 aliphatic rings. The molecule has 0 aliphatic carbocycles. The monoisotopic (exact) mass is 431 g/mol. The number of thiophene rings is 1. The molecule has 2 heterocycles. The number of benzene rings is 1. The van der Waals surface area contributed by atoms with Gasteiger partial charge in [-0.1, -0.05) is 67.4 Å². The van der Waals surface area contributed by atoms with Gasteiger partial charge in [0.25, 0.3) is 0 Å². The summed E-state index contributed by atoms with van der Waals surface area (Å²) in [5, 5.41) is 17.9. The summed E-state index contributed by atoms with van der Waals surface area (Å²) in [4.78, 5) is 0. The van der Waals surface area contributed by atoms with Gasteiger partial charge in [-0.15, -0.1) is 16.4 Å². The van der Waals surface area contributed by atoms with Gasteiger partial charge >= 0.3 is 0 Å². The van der Waals surface area contributed by atoms with Crippen LogP contribution in [0.3, 0.4) is 0 Å². The lowest BCUT2D eigenvalue weighted by atomic mass is 10.1. The predicted octanol–water partition coefficient (Wildman–Crippen LogP) is 4.64. The molecule has 1 atom stereocenters. The van der Waals surface area contributed by atoms with Crippen molar-refractivity contribution in [2.75, 3.05) is 13.2 Å². The van der Waals surface area contributed by atoms with Gasteiger partial charge in [0.2, 0.25) is 0 Å². The molecule has 0 bridgehead atoms. The van der Waals surface area contributed by atoms with E-state index in [-0.39, 0.29) is 6.04 Å². The number of halogens is 1. The van der Waals surface area contributed by atoms with E-state index in [4.69, 9.17) is 16.3 Å². The van der Waals surface area contributed by atoms with Gasteiger partial charge < -0.3 is 10.1 Å². The quantitative estimate of drug-likeness (QED) is 0.334. The smallest absolute Gasteiger partial charge is 0.172 e. The Kier molecular flexibility index (Phi) is 8.82. The molecule has 0 saturated carbocycles. The molecule has 2 aromatic heterocycles. The Morgan fingerprint density at radius 1 is 1.28 bits per heavy atom. The van der Waals surface area contributed by atoms with Crippen molar-refractivity contribution >= 4 is 22.9 Å². The number of aromatic nitrogens is 4. The van der Waals surface area contributed by atoms with Crippen LogP contribution in [0, 0.1) is 0 Å². The minimum absolute atomic E-state index is 0.130. The molecule has 3 aromatic rings. The van der Waals surface area contributed by atoms with Gasteiger partial charge in [-0.25, -0.2) is 4.68 Å². The molecule has 0 amide bonds. The number of rotatable bonds is 12. The molecule has 1 N–H and O–H groups in total. The maximum atomic E-state index is 6.17. The van der Waals surface area contributed by atoms with Crippen LogP contribution >= 0.6 is 22.9 Å². The number of allylic oxidation sites excluding steroid dienone is 1. The van der Waals surface area contributed by atoms with E-state index in [2.05, 4.69) is 52.1 Å². The average molecular weight is 432 g/mol. The molecule has 6 nitrogen and oxygen atoms in total. The minimum atomic E-state index is -0.130. The Morgan fingerprint density at radius 3 is 2.90 bits per heavy atom. The molecule has 1 aromatic carbocycles. The van der Waals surface area contributed by atoms with E-state index < -0.39 is 0 Å². The fourth-order valence-electron chi connectivity index (χ4n) is 2.88. The highest BCUT2D eigenvalue weighted by Crippen LogP contribution is 2.28. The first-order valence-electron chi connectivity index (χ1n) is 9.78. The second-order valence-corrected chi connectivity index (χ2v) is 8.13. The molecule has 0 fully saturated rings. The Labute approximate surface area is 180 Å². The third-order valence-electron chi connectivity index (χ3n) is 4.36. The highest BCUT2D eigenvalue weighted by Gasteiger charge is 2.21. The summed E-state index contributed by atoms with van der Waals surface area (Å²) >= 11 is 7.67. The van der Waals surface area contributed by atoms with Crippen LogP contribution < -0.4 is 5.32 Å². The SMILES string of the molecule is CCC/C=C/CNC(c1csc(Cl)c1)c1nnnn1CCOCc1ccccc1. The van der Waals surface area contributed by atoms with E-state index in [0.29, 0.717) is 19.8 Å². The first-order chi connectivity index (χ1) is 14.3. The van der Waals surface area contributed by atoms with E-state index in [1.165, 1.54) is 11.3 Å². The standard InChI is InChI=1S/C21H26ClN5OS/c1-2-3-4-8-11-23-20(18-14-19(22)29-16-18)21-24-25-26-27(21)12-13-28-15-17-9-6-5-7-10-17/h4-10,14,16,20,23H,2-3,11-13,15H2,1H3/b8-4+. The molecule has 154 valence electrons. The summed E-state index contributed by atoms with van der Waals surface area (Å²) in [7, 11) is 0. The highest BCUT2D eigenvalue weighted by atomic mass is 35.5. The van der Waals surface area contributed by atoms with Crippen molar-refractivity contribution in [1.82, 2.24) is 25.5 Å². The van der Waals surface area contributed by atoms with E-state index in [1.54, 1.807) is 4.68 Å². The summed E-state index contributed by atoms with van der Waals surface area (Å²) in [5.74, 6) is 0.756. The van der Waals surface area contributed by atoms with E-state index in [0.717, 1.165) is 40.7 Å². The number of nitrogens with one attached hydrogen (secondary N) is 1. The molecular weight excluding hydrogens is 406 g/mol. The van der Waals surface area contributed by atoms with Crippen LogP contribution in [0.4, 0.5) is 0 Å². The number of ether oxygens (including phenoxy) is 1. The van der Waals surface area contributed by atoms with Crippen LogP contribution in [0.5, 0.6) is 0 Å². The average Bonchev–Trinajstić information content (AvgIpc) is 3.38. The molecule has 0 aliphatic heterocycles. The van der Waals surface area contributed by atoms with Crippen LogP contribution in [0.1, 0.15) is 42.8 Å². The fraction of sp³-hybridized carbons (Fsp3) is 0.381. The lowest BCUT2D eigenvalue weighted by molar-refractivity contribution is 0.109. The van der Waals surface area contributed by atoms with Gasteiger partial charge in [-0.3, -0.25) is 0 Å². The maximum Gasteiger partial charge on any atom is 0.172 e. The van der Waals surface area contributed by atoms with Crippen molar-refractivity contribution in [3.63, 3.8) is 0 Å². The van der Waals surface area contributed by atoms with Crippen LogP contribution in [0.15, 0.2) is 53.9 Å². The van der Waals surface area contributed by atoms with E-state index in [9.17, 15) is 0 Å². The Balaban J connectivity index is 1.62. The fourth-order valence-corrected chi connectivity index (χ4v) is 3.80. The molecule has 29 heavy (non-hydrogen) atoms. The molecule has 1 unspecified atom stereocenters. The van der Waals surface area contributed by atoms with Crippen molar-refractivity contribution in [3.05, 3.63) is 75.2 Å². The number of nitrogens with zero attached hydrogens (tertiary/aromatic N) is 4. The molecular formula is C21H26ClN5OS. The molecule has 8 heteroatoms. The highest BCUT2D eigenvalue weighted by molar-refractivity contribution is 7.14. The Bertz CT molecular complexity index is 880. The summed E-state index contributed by atoms with van der Waals surface area (Å²) < 4.78 is 8.34. The third kappa shape index (κ3) is 6.75. The largest absolute Gasteiger partial charge is 0.375 e. The van der Waals surface area contributed by atoms with Gasteiger partial charge in [-0.05, 0) is 39.4 Å². The van der Waals surface area contributed by atoms with Gasteiger partial charge in [0.05, 0.1) is 30.1 Å². The zero-order valence-corrected chi connectivity index (χ0v) is 18.1. The van der Waals surface area contributed by atoms with Gasteiger partial charge in [0.15, 0.2) is 5.82 Å². The predicted molar refractivity (Wildman–Crippen MR) is 117 cm³/mol. The van der Waals surface area contributed by atoms with Gasteiger partial charge in [0, 0.05) is 6.54 Å². The summed E-state index contributed by atoms with van der Waals surface area (Å²) in [6.07, 6.45) is 6.54. The molecule has 3 rings (SSSR count). The Hall–Kier alpha value is -2.06. The zero-order chi connectivity index (χ0) is 20.3. The number of unbranched alkanes of at least 4 members (excludes halogenated alkanes) is 1. The number of tetrazole rings is 1. The number of hydrogen-bond acceptors (Lipinski definition) is 6. The van der Waals surface area contributed by atoms with Crippen molar-refractivity contribution in [1.29, 1.82) is 0 Å². The van der Waals surface area contributed by atoms with Crippen molar-refractivity contribution < 1.29 is 4.74 Å². The lowest BCUT2D eigenvalue weighted by Crippen LogP contribution is -2.26. The second-order valence-electron chi connectivity index (χ2n) is 6.58. The topological polar surface area (TPSA) is 64.9 Å². The Morgan fingerprint density at radius 2 is 2.14 bits per heavy atom. The van der Waals surface area contributed by atoms with Gasteiger partial charge in [-0.2, -0.15) is 0 Å². The first-order valence-corrected chi connectivity index (χ1v) is 11.0. The van der Waals surface area contributed by atoms with Crippen LogP contribution in [0.2, 0.25) is 4.34 Å². The van der Waals surface area contributed by atoms with Crippen LogP contribution in [0.25, 0.3) is 0 Å². The maximum absolute atomic E-state index is 6.17. The normalized spacial score (nSPS) is 12.6. The van der Waals surface area contributed by atoms with Crippen molar-refractivity contribution in [2.45, 2.75) is 39.0 Å². The minimum Gasteiger partial charge on any atom is -0.375 e. The van der Waals surface area contributed by atoms with E-state index in [1.807, 2.05) is 29.6 Å². The summed E-state index contributed by atoms with van der Waals surface area (Å²) in [6, 6.07) is 11.9. The van der Waals surface area contributed by atoms with Gasteiger partial charge in [0.1, 0.15) is 0 Å².